The van der Waals surface area contributed by atoms with Gasteiger partial charge in [-0.1, -0.05) is 13.8 Å². The lowest BCUT2D eigenvalue weighted by molar-refractivity contribution is -0.194. The van der Waals surface area contributed by atoms with E-state index in [0.717, 1.165) is 18.8 Å². The van der Waals surface area contributed by atoms with E-state index in [0.29, 0.717) is 30.1 Å². The maximum atomic E-state index is 11.7. The lowest BCUT2D eigenvalue weighted by atomic mass is 9.52. The molecule has 0 saturated heterocycles. The molecule has 3 fully saturated rings. The van der Waals surface area contributed by atoms with Crippen molar-refractivity contribution in [1.29, 1.82) is 5.41 Å². The summed E-state index contributed by atoms with van der Waals surface area (Å²) in [6.45, 7) is 4.14. The molecule has 100 valence electrons. The van der Waals surface area contributed by atoms with E-state index in [1.165, 1.54) is 19.1 Å². The minimum atomic E-state index is -0.540. The first kappa shape index (κ1) is 12.2. The second-order valence-corrected chi connectivity index (χ2v) is 6.62. The number of fused-ring (bicyclic) bond motifs is 1. The van der Waals surface area contributed by atoms with Gasteiger partial charge in [-0.2, -0.15) is 0 Å². The van der Waals surface area contributed by atoms with Crippen LogP contribution in [0.4, 0.5) is 0 Å². The van der Waals surface area contributed by atoms with Crippen molar-refractivity contribution in [3.8, 4) is 0 Å². The van der Waals surface area contributed by atoms with Gasteiger partial charge >= 0.3 is 5.97 Å². The summed E-state index contributed by atoms with van der Waals surface area (Å²) < 4.78 is 5.74. The van der Waals surface area contributed by atoms with Crippen LogP contribution in [0.15, 0.2) is 0 Å². The molecular weight excluding hydrogens is 226 g/mol. The molecule has 0 amide bonds. The first-order valence-corrected chi connectivity index (χ1v) is 7.34. The second kappa shape index (κ2) is 4.07. The fourth-order valence-corrected chi connectivity index (χ4v) is 4.95. The van der Waals surface area contributed by atoms with Gasteiger partial charge < -0.3 is 10.1 Å². The molecule has 0 heterocycles. The van der Waals surface area contributed by atoms with Gasteiger partial charge in [0, 0.05) is 24.5 Å². The van der Waals surface area contributed by atoms with Crippen molar-refractivity contribution in [1.82, 2.24) is 0 Å². The Morgan fingerprint density at radius 2 is 2.06 bits per heavy atom. The van der Waals surface area contributed by atoms with Gasteiger partial charge in [0.1, 0.15) is 0 Å². The van der Waals surface area contributed by atoms with Gasteiger partial charge in [-0.3, -0.25) is 4.79 Å². The zero-order chi connectivity index (χ0) is 12.9. The Kier molecular flexibility index (Phi) is 2.76. The van der Waals surface area contributed by atoms with Gasteiger partial charge in [0.2, 0.25) is 0 Å². The van der Waals surface area contributed by atoms with Gasteiger partial charge in [0.25, 0.3) is 0 Å². The van der Waals surface area contributed by atoms with Crippen molar-refractivity contribution in [3.05, 3.63) is 0 Å². The summed E-state index contributed by atoms with van der Waals surface area (Å²) in [4.78, 5) is 11.7. The highest BCUT2D eigenvalue weighted by molar-refractivity contribution is 5.77. The molecule has 2 bridgehead atoms. The average molecular weight is 249 g/mol. The highest BCUT2D eigenvalue weighted by Gasteiger charge is 2.67. The summed E-state index contributed by atoms with van der Waals surface area (Å²) in [5.74, 6) is 2.95. The van der Waals surface area contributed by atoms with Gasteiger partial charge in [-0.05, 0) is 43.4 Å². The molecule has 3 rings (SSSR count). The largest absolute Gasteiger partial charge is 0.453 e. The fourth-order valence-electron chi connectivity index (χ4n) is 4.95. The number of carbonyl (C=O) groups excluding carboxylic acids is 1. The molecule has 0 aromatic rings. The molecule has 1 N–H and O–H groups in total. The van der Waals surface area contributed by atoms with Gasteiger partial charge in [-0.15, -0.1) is 0 Å². The van der Waals surface area contributed by atoms with Crippen LogP contribution in [0.3, 0.4) is 0 Å². The summed E-state index contributed by atoms with van der Waals surface area (Å²) in [6.07, 6.45) is 6.80. The van der Waals surface area contributed by atoms with Crippen LogP contribution in [-0.2, 0) is 9.53 Å². The zero-order valence-electron chi connectivity index (χ0n) is 11.3. The average Bonchev–Trinajstić information content (AvgIpc) is 2.64. The summed E-state index contributed by atoms with van der Waals surface area (Å²) in [7, 11) is 0. The third kappa shape index (κ3) is 1.49. The first-order valence-electron chi connectivity index (χ1n) is 7.34. The van der Waals surface area contributed by atoms with Crippen LogP contribution in [0.1, 0.15) is 46.0 Å². The minimum Gasteiger partial charge on any atom is -0.453 e. The van der Waals surface area contributed by atoms with Crippen molar-refractivity contribution in [2.75, 3.05) is 0 Å². The maximum Gasteiger partial charge on any atom is 0.306 e. The van der Waals surface area contributed by atoms with Crippen molar-refractivity contribution in [2.24, 2.45) is 29.6 Å². The summed E-state index contributed by atoms with van der Waals surface area (Å²) >= 11 is 0. The third-order valence-corrected chi connectivity index (χ3v) is 5.58. The van der Waals surface area contributed by atoms with E-state index in [2.05, 4.69) is 6.92 Å². The molecule has 3 aliphatic rings. The van der Waals surface area contributed by atoms with Crippen molar-refractivity contribution in [3.63, 3.8) is 0 Å². The van der Waals surface area contributed by atoms with E-state index in [1.807, 2.05) is 6.92 Å². The predicted molar refractivity (Wildman–Crippen MR) is 69.5 cm³/mol. The normalized spacial score (nSPS) is 49.1. The van der Waals surface area contributed by atoms with Crippen LogP contribution in [0.2, 0.25) is 0 Å². The SMILES string of the molecule is CCC(=O)OC1(C=N)C2CC(C)CC3CC2C1C3. The van der Waals surface area contributed by atoms with Crippen LogP contribution in [0.5, 0.6) is 0 Å². The lowest BCUT2D eigenvalue weighted by Gasteiger charge is -2.57. The Balaban J connectivity index is 1.88. The van der Waals surface area contributed by atoms with Crippen LogP contribution >= 0.6 is 0 Å². The van der Waals surface area contributed by atoms with Crippen LogP contribution in [0, 0.1) is 35.0 Å². The van der Waals surface area contributed by atoms with Crippen molar-refractivity contribution in [2.45, 2.75) is 51.6 Å². The van der Waals surface area contributed by atoms with Crippen molar-refractivity contribution < 1.29 is 9.53 Å². The lowest BCUT2D eigenvalue weighted by Crippen LogP contribution is -2.64. The molecule has 0 radical (unpaired) electrons. The number of ether oxygens (including phenoxy) is 1. The monoisotopic (exact) mass is 249 g/mol. The number of nitrogens with one attached hydrogen (secondary N) is 1. The van der Waals surface area contributed by atoms with Crippen molar-refractivity contribution >= 4 is 12.2 Å². The number of rotatable bonds is 3. The topological polar surface area (TPSA) is 50.2 Å². The molecule has 3 heteroatoms. The fraction of sp³-hybridized carbons (Fsp3) is 0.867. The van der Waals surface area contributed by atoms with Crippen LogP contribution in [0.25, 0.3) is 0 Å². The molecular formula is C15H23NO2. The molecule has 6 atom stereocenters. The maximum absolute atomic E-state index is 11.7. The summed E-state index contributed by atoms with van der Waals surface area (Å²) in [5.41, 5.74) is -0.540. The quantitative estimate of drug-likeness (QED) is 0.617. The van der Waals surface area contributed by atoms with Gasteiger partial charge in [0.15, 0.2) is 5.60 Å². The van der Waals surface area contributed by atoms with E-state index in [-0.39, 0.29) is 5.97 Å². The molecule has 0 spiro atoms. The molecule has 0 aromatic carbocycles. The Morgan fingerprint density at radius 1 is 1.33 bits per heavy atom. The van der Waals surface area contributed by atoms with Crippen LogP contribution in [-0.4, -0.2) is 17.8 Å². The molecule has 6 unspecified atom stereocenters. The number of hydrogen-bond acceptors (Lipinski definition) is 3. The number of carbonyl (C=O) groups is 1. The Labute approximate surface area is 109 Å². The summed E-state index contributed by atoms with van der Waals surface area (Å²) in [5, 5.41) is 7.82. The third-order valence-electron chi connectivity index (χ3n) is 5.58. The van der Waals surface area contributed by atoms with E-state index < -0.39 is 5.60 Å². The highest BCUT2D eigenvalue weighted by atomic mass is 16.6. The standard InChI is InChI=1S/C15H23NO2/c1-3-14(17)18-15(8-16)12-5-9(2)4-10-6-11(12)13(15)7-10/h8-13,16H,3-7H2,1-2H3. The summed E-state index contributed by atoms with van der Waals surface area (Å²) in [6, 6.07) is 0. The van der Waals surface area contributed by atoms with Gasteiger partial charge in [-0.25, -0.2) is 0 Å². The minimum absolute atomic E-state index is 0.140. The molecule has 18 heavy (non-hydrogen) atoms. The molecule has 0 aliphatic heterocycles. The predicted octanol–water partition coefficient (Wildman–Crippen LogP) is 3.03. The van der Waals surface area contributed by atoms with E-state index in [4.69, 9.17) is 10.1 Å². The number of esters is 1. The zero-order valence-corrected chi connectivity index (χ0v) is 11.3. The van der Waals surface area contributed by atoms with E-state index >= 15 is 0 Å². The molecule has 3 aliphatic carbocycles. The van der Waals surface area contributed by atoms with Crippen LogP contribution < -0.4 is 0 Å². The molecule has 3 saturated carbocycles. The Hall–Kier alpha value is -0.860. The number of hydrogen-bond donors (Lipinski definition) is 1. The second-order valence-electron chi connectivity index (χ2n) is 6.62. The van der Waals surface area contributed by atoms with Gasteiger partial charge in [0.05, 0.1) is 0 Å². The Bertz CT molecular complexity index is 381. The Morgan fingerprint density at radius 3 is 2.72 bits per heavy atom. The molecule has 0 aromatic heterocycles. The highest BCUT2D eigenvalue weighted by Crippen LogP contribution is 2.65. The van der Waals surface area contributed by atoms with E-state index in [1.54, 1.807) is 0 Å². The molecule has 3 nitrogen and oxygen atoms in total. The first-order chi connectivity index (χ1) is 8.60. The smallest absolute Gasteiger partial charge is 0.306 e. The van der Waals surface area contributed by atoms with E-state index in [9.17, 15) is 4.79 Å².